The zero-order valence-corrected chi connectivity index (χ0v) is 19.2. The van der Waals surface area contributed by atoms with Crippen molar-refractivity contribution in [1.29, 1.82) is 0 Å². The van der Waals surface area contributed by atoms with Gasteiger partial charge in [0.2, 0.25) is 0 Å². The van der Waals surface area contributed by atoms with E-state index in [1.54, 1.807) is 42.7 Å². The van der Waals surface area contributed by atoms with E-state index in [0.717, 1.165) is 29.7 Å². The molecular weight excluding hydrogens is 406 g/mol. The van der Waals surface area contributed by atoms with Crippen LogP contribution in [0, 0.1) is 6.92 Å². The van der Waals surface area contributed by atoms with Gasteiger partial charge in [0.1, 0.15) is 11.5 Å². The van der Waals surface area contributed by atoms with Crippen molar-refractivity contribution in [3.63, 3.8) is 0 Å². The standard InChI is InChI=1S/C25H31N3O4/c1-5-6-15-32-20-8-7-19(16-17(20)2)23(29)21-22(18-9-11-26-12-10-18)28(14-13-27(3)4)25(31)24(21)30/h7-12,16,22,29H,5-6,13-15H2,1-4H3/t22-/m1/s1. The van der Waals surface area contributed by atoms with Gasteiger partial charge in [-0.15, -0.1) is 0 Å². The van der Waals surface area contributed by atoms with E-state index in [0.29, 0.717) is 25.3 Å². The summed E-state index contributed by atoms with van der Waals surface area (Å²) in [5, 5.41) is 11.2. The van der Waals surface area contributed by atoms with Gasteiger partial charge in [-0.25, -0.2) is 0 Å². The van der Waals surface area contributed by atoms with Crippen molar-refractivity contribution >= 4 is 17.4 Å². The molecule has 7 heteroatoms. The summed E-state index contributed by atoms with van der Waals surface area (Å²) in [7, 11) is 3.82. The molecule has 3 rings (SSSR count). The zero-order chi connectivity index (χ0) is 23.3. The number of pyridine rings is 1. The van der Waals surface area contributed by atoms with E-state index in [1.165, 1.54) is 4.90 Å². The lowest BCUT2D eigenvalue weighted by Crippen LogP contribution is -2.35. The first-order valence-corrected chi connectivity index (χ1v) is 10.9. The van der Waals surface area contributed by atoms with Gasteiger partial charge in [-0.05, 0) is 68.9 Å². The van der Waals surface area contributed by atoms with Crippen LogP contribution in [0.15, 0.2) is 48.3 Å². The van der Waals surface area contributed by atoms with Gasteiger partial charge in [0.15, 0.2) is 0 Å². The van der Waals surface area contributed by atoms with Crippen LogP contribution in [0.3, 0.4) is 0 Å². The topological polar surface area (TPSA) is 83.0 Å². The summed E-state index contributed by atoms with van der Waals surface area (Å²) in [6, 6.07) is 8.17. The molecular formula is C25H31N3O4. The Bertz CT molecular complexity index is 1000. The highest BCUT2D eigenvalue weighted by Gasteiger charge is 2.45. The lowest BCUT2D eigenvalue weighted by atomic mass is 9.95. The van der Waals surface area contributed by atoms with Gasteiger partial charge in [0.25, 0.3) is 11.7 Å². The number of likely N-dealkylation sites (tertiary alicyclic amines) is 1. The molecule has 1 aromatic carbocycles. The molecule has 2 aromatic rings. The molecule has 0 aliphatic carbocycles. The van der Waals surface area contributed by atoms with Crippen molar-refractivity contribution in [1.82, 2.24) is 14.8 Å². The molecule has 1 aliphatic rings. The van der Waals surface area contributed by atoms with Crippen LogP contribution in [0.2, 0.25) is 0 Å². The summed E-state index contributed by atoms with van der Waals surface area (Å²) in [4.78, 5) is 33.4. The first-order valence-electron chi connectivity index (χ1n) is 10.9. The highest BCUT2D eigenvalue weighted by Crippen LogP contribution is 2.39. The third kappa shape index (κ3) is 4.99. The predicted octanol–water partition coefficient (Wildman–Crippen LogP) is 3.55. The Morgan fingerprint density at radius 1 is 1.19 bits per heavy atom. The van der Waals surface area contributed by atoms with Gasteiger partial charge in [0, 0.05) is 31.0 Å². The minimum atomic E-state index is -0.677. The second kappa shape index (κ2) is 10.4. The smallest absolute Gasteiger partial charge is 0.295 e. The maximum atomic E-state index is 13.0. The van der Waals surface area contributed by atoms with Crippen molar-refractivity contribution in [2.75, 3.05) is 33.8 Å². The molecule has 1 aromatic heterocycles. The number of aromatic nitrogens is 1. The van der Waals surface area contributed by atoms with E-state index in [4.69, 9.17) is 4.74 Å². The molecule has 1 fully saturated rings. The van der Waals surface area contributed by atoms with E-state index >= 15 is 0 Å². The van der Waals surface area contributed by atoms with Crippen LogP contribution in [0.25, 0.3) is 5.76 Å². The molecule has 32 heavy (non-hydrogen) atoms. The van der Waals surface area contributed by atoms with Crippen molar-refractivity contribution in [2.45, 2.75) is 32.7 Å². The summed E-state index contributed by atoms with van der Waals surface area (Å²) in [5.74, 6) is -0.719. The number of hydrogen-bond acceptors (Lipinski definition) is 6. The van der Waals surface area contributed by atoms with E-state index in [1.807, 2.05) is 25.9 Å². The number of nitrogens with zero attached hydrogens (tertiary/aromatic N) is 3. The lowest BCUT2D eigenvalue weighted by molar-refractivity contribution is -0.140. The van der Waals surface area contributed by atoms with E-state index in [-0.39, 0.29) is 11.3 Å². The Kier molecular flexibility index (Phi) is 7.64. The molecule has 2 heterocycles. The van der Waals surface area contributed by atoms with Crippen LogP contribution in [0.1, 0.15) is 42.5 Å². The third-order valence-electron chi connectivity index (χ3n) is 5.55. The molecule has 1 saturated heterocycles. The zero-order valence-electron chi connectivity index (χ0n) is 19.2. The Balaban J connectivity index is 2.03. The average Bonchev–Trinajstić information content (AvgIpc) is 3.03. The molecule has 0 saturated carbocycles. The monoisotopic (exact) mass is 437 g/mol. The third-order valence-corrected chi connectivity index (χ3v) is 5.55. The Morgan fingerprint density at radius 3 is 2.53 bits per heavy atom. The van der Waals surface area contributed by atoms with Crippen molar-refractivity contribution in [2.24, 2.45) is 0 Å². The first-order chi connectivity index (χ1) is 15.3. The predicted molar refractivity (Wildman–Crippen MR) is 123 cm³/mol. The minimum absolute atomic E-state index is 0.0963. The molecule has 7 nitrogen and oxygen atoms in total. The Morgan fingerprint density at radius 2 is 1.91 bits per heavy atom. The second-order valence-corrected chi connectivity index (χ2v) is 8.26. The van der Waals surface area contributed by atoms with Gasteiger partial charge in [0.05, 0.1) is 18.2 Å². The molecule has 0 radical (unpaired) electrons. The molecule has 0 unspecified atom stereocenters. The van der Waals surface area contributed by atoms with Gasteiger partial charge in [-0.3, -0.25) is 14.6 Å². The normalized spacial score (nSPS) is 17.9. The van der Waals surface area contributed by atoms with E-state index < -0.39 is 17.7 Å². The summed E-state index contributed by atoms with van der Waals surface area (Å²) in [6.07, 6.45) is 5.24. The summed E-state index contributed by atoms with van der Waals surface area (Å²) < 4.78 is 5.80. The van der Waals surface area contributed by atoms with Gasteiger partial charge < -0.3 is 19.6 Å². The number of ether oxygens (including phenoxy) is 1. The maximum Gasteiger partial charge on any atom is 0.295 e. The molecule has 0 spiro atoms. The Labute approximate surface area is 189 Å². The number of unbranched alkanes of at least 4 members (excludes halogenated alkanes) is 1. The van der Waals surface area contributed by atoms with E-state index in [9.17, 15) is 14.7 Å². The highest BCUT2D eigenvalue weighted by molar-refractivity contribution is 6.46. The molecule has 1 aliphatic heterocycles. The number of Topliss-reactive ketones (excluding diaryl/α,β-unsaturated/α-hetero) is 1. The molecule has 1 amide bonds. The number of likely N-dealkylation sites (N-methyl/N-ethyl adjacent to an activating group) is 1. The summed E-state index contributed by atoms with van der Waals surface area (Å²) in [6.45, 7) is 5.59. The van der Waals surface area contributed by atoms with Crippen molar-refractivity contribution in [3.8, 4) is 5.75 Å². The maximum absolute atomic E-state index is 13.0. The van der Waals surface area contributed by atoms with Crippen LogP contribution in [0.5, 0.6) is 5.75 Å². The van der Waals surface area contributed by atoms with Crippen LogP contribution < -0.4 is 4.74 Å². The van der Waals surface area contributed by atoms with Crippen LogP contribution >= 0.6 is 0 Å². The number of carbonyl (C=O) groups is 2. The van der Waals surface area contributed by atoms with Gasteiger partial charge in [-0.2, -0.15) is 0 Å². The van der Waals surface area contributed by atoms with Gasteiger partial charge >= 0.3 is 0 Å². The highest BCUT2D eigenvalue weighted by atomic mass is 16.5. The SMILES string of the molecule is CCCCOc1ccc(C(O)=C2C(=O)C(=O)N(CCN(C)C)[C@@H]2c2ccncc2)cc1C. The molecule has 1 N–H and O–H groups in total. The van der Waals surface area contributed by atoms with Crippen LogP contribution in [0.4, 0.5) is 0 Å². The average molecular weight is 438 g/mol. The largest absolute Gasteiger partial charge is 0.507 e. The fraction of sp³-hybridized carbons (Fsp3) is 0.400. The lowest BCUT2D eigenvalue weighted by Gasteiger charge is -2.26. The number of hydrogen-bond donors (Lipinski definition) is 1. The fourth-order valence-corrected chi connectivity index (χ4v) is 3.75. The van der Waals surface area contributed by atoms with Gasteiger partial charge in [-0.1, -0.05) is 13.3 Å². The molecule has 0 bridgehead atoms. The number of benzene rings is 1. The number of amides is 1. The number of carbonyl (C=O) groups excluding carboxylic acids is 2. The number of aryl methyl sites for hydroxylation is 1. The number of ketones is 1. The number of aliphatic hydroxyl groups excluding tert-OH is 1. The molecule has 1 atom stereocenters. The fourth-order valence-electron chi connectivity index (χ4n) is 3.75. The number of aliphatic hydroxyl groups is 1. The second-order valence-electron chi connectivity index (χ2n) is 8.26. The number of rotatable bonds is 9. The Hall–Kier alpha value is -3.19. The van der Waals surface area contributed by atoms with Crippen molar-refractivity contribution in [3.05, 3.63) is 65.0 Å². The minimum Gasteiger partial charge on any atom is -0.507 e. The van der Waals surface area contributed by atoms with Crippen LogP contribution in [-0.4, -0.2) is 65.4 Å². The van der Waals surface area contributed by atoms with Crippen LogP contribution in [-0.2, 0) is 9.59 Å². The van der Waals surface area contributed by atoms with E-state index in [2.05, 4.69) is 11.9 Å². The first kappa shape index (κ1) is 23.5. The quantitative estimate of drug-likeness (QED) is 0.280. The summed E-state index contributed by atoms with van der Waals surface area (Å²) in [5.41, 5.74) is 2.16. The van der Waals surface area contributed by atoms with Crippen molar-refractivity contribution < 1.29 is 19.4 Å². The molecule has 170 valence electrons. The summed E-state index contributed by atoms with van der Waals surface area (Å²) >= 11 is 0.